The Kier molecular flexibility index (Phi) is 6.30. The third-order valence-electron chi connectivity index (χ3n) is 13.2. The van der Waals surface area contributed by atoms with Crippen molar-refractivity contribution >= 4 is 32.9 Å². The SMILES string of the molecule is Fc1ccc(N(C2=CC3=CC=C4CC=CC5=C4C3C(=C2)C=C5)c2cc3ccccc3cc2-c2cccc3c2-c2ccc4cccc5c4c2C3c2ccccc2-5)cc1. The summed E-state index contributed by atoms with van der Waals surface area (Å²) in [7, 11) is 0. The second-order valence-corrected chi connectivity index (χ2v) is 16.1. The molecule has 2 atom stereocenters. The topological polar surface area (TPSA) is 3.24 Å². The monoisotopic (exact) mass is 727 g/mol. The summed E-state index contributed by atoms with van der Waals surface area (Å²) in [6, 6.07) is 47.7. The lowest BCUT2D eigenvalue weighted by atomic mass is 9.68. The molecular weight excluding hydrogens is 694 g/mol. The number of allylic oxidation sites excluding steroid dienone is 13. The van der Waals surface area contributed by atoms with Crippen LogP contribution in [-0.4, -0.2) is 0 Å². The summed E-state index contributed by atoms with van der Waals surface area (Å²) in [6.45, 7) is 0. The molecule has 6 aliphatic carbocycles. The predicted molar refractivity (Wildman–Crippen MR) is 233 cm³/mol. The predicted octanol–water partition coefficient (Wildman–Crippen LogP) is 14.2. The van der Waals surface area contributed by atoms with Gasteiger partial charge >= 0.3 is 0 Å². The van der Waals surface area contributed by atoms with Gasteiger partial charge in [0.1, 0.15) is 5.82 Å². The van der Waals surface area contributed by atoms with Crippen LogP contribution in [0, 0.1) is 11.7 Å². The zero-order chi connectivity index (χ0) is 37.4. The molecule has 0 aromatic heterocycles. The minimum Gasteiger partial charge on any atom is -0.310 e. The van der Waals surface area contributed by atoms with E-state index in [4.69, 9.17) is 0 Å². The first kappa shape index (κ1) is 31.2. The van der Waals surface area contributed by atoms with Gasteiger partial charge in [-0.15, -0.1) is 0 Å². The van der Waals surface area contributed by atoms with E-state index in [2.05, 4.69) is 163 Å². The molecule has 7 aromatic carbocycles. The Morgan fingerprint density at radius 1 is 0.544 bits per heavy atom. The van der Waals surface area contributed by atoms with Crippen LogP contribution < -0.4 is 4.90 Å². The lowest BCUT2D eigenvalue weighted by molar-refractivity contribution is 0.628. The van der Waals surface area contributed by atoms with Crippen LogP contribution in [0.15, 0.2) is 216 Å². The number of halogens is 1. The van der Waals surface area contributed by atoms with E-state index in [1.54, 1.807) is 12.1 Å². The van der Waals surface area contributed by atoms with Crippen molar-refractivity contribution in [3.05, 3.63) is 238 Å². The Bertz CT molecular complexity index is 3210. The van der Waals surface area contributed by atoms with Crippen LogP contribution in [0.3, 0.4) is 0 Å². The number of benzene rings is 7. The standard InChI is InChI=1S/C55H34FN/c56-39-23-25-40(26-24-39)57(41-28-37-20-18-32-10-5-11-33-19-21-38(29-41)51(37)50(32)33)49-31-36-9-2-1-8-35(36)30-48(49)45-16-7-17-46-53(45)47-27-22-34-12-6-15-43-42-13-3-4-14-44(42)54(46)55(47)52(34)43/h1-10,12-31,51,54H,11H2. The fraction of sp³-hybridized carbons (Fsp3) is 0.0545. The maximum Gasteiger partial charge on any atom is 0.123 e. The van der Waals surface area contributed by atoms with Gasteiger partial charge < -0.3 is 4.90 Å². The van der Waals surface area contributed by atoms with Crippen molar-refractivity contribution in [2.24, 2.45) is 5.92 Å². The van der Waals surface area contributed by atoms with E-state index in [9.17, 15) is 4.39 Å². The summed E-state index contributed by atoms with van der Waals surface area (Å²) >= 11 is 0. The van der Waals surface area contributed by atoms with Crippen LogP contribution in [0.25, 0.3) is 54.9 Å². The van der Waals surface area contributed by atoms with E-state index in [-0.39, 0.29) is 17.7 Å². The highest BCUT2D eigenvalue weighted by Crippen LogP contribution is 2.60. The molecule has 0 spiro atoms. The van der Waals surface area contributed by atoms with E-state index in [1.165, 1.54) is 88.5 Å². The zero-order valence-electron chi connectivity index (χ0n) is 31.0. The average Bonchev–Trinajstić information content (AvgIpc) is 3.61. The minimum atomic E-state index is -0.248. The van der Waals surface area contributed by atoms with Gasteiger partial charge in [-0.25, -0.2) is 4.39 Å². The van der Waals surface area contributed by atoms with E-state index in [0.717, 1.165) is 34.4 Å². The van der Waals surface area contributed by atoms with Gasteiger partial charge in [-0.05, 0) is 149 Å². The lowest BCUT2D eigenvalue weighted by Gasteiger charge is -2.38. The maximum absolute atomic E-state index is 14.7. The first-order chi connectivity index (χ1) is 28.2. The van der Waals surface area contributed by atoms with E-state index in [0.29, 0.717) is 0 Å². The summed E-state index contributed by atoms with van der Waals surface area (Å²) in [6.07, 6.45) is 19.4. The van der Waals surface area contributed by atoms with Crippen molar-refractivity contribution in [2.45, 2.75) is 12.3 Å². The molecule has 0 N–H and O–H groups in total. The average molecular weight is 728 g/mol. The highest BCUT2D eigenvalue weighted by molar-refractivity contribution is 6.11. The van der Waals surface area contributed by atoms with Gasteiger partial charge in [0, 0.05) is 28.8 Å². The fourth-order valence-electron chi connectivity index (χ4n) is 10.8. The largest absolute Gasteiger partial charge is 0.310 e. The molecule has 2 heteroatoms. The molecule has 13 rings (SSSR count). The Labute approximate surface area is 330 Å². The molecule has 0 bridgehead atoms. The van der Waals surface area contributed by atoms with Crippen LogP contribution in [0.5, 0.6) is 0 Å². The molecule has 7 aromatic rings. The van der Waals surface area contributed by atoms with Gasteiger partial charge in [0.25, 0.3) is 0 Å². The van der Waals surface area contributed by atoms with Gasteiger partial charge in [0.05, 0.1) is 5.69 Å². The van der Waals surface area contributed by atoms with Crippen molar-refractivity contribution in [1.82, 2.24) is 0 Å². The van der Waals surface area contributed by atoms with Crippen LogP contribution >= 0.6 is 0 Å². The first-order valence-corrected chi connectivity index (χ1v) is 20.0. The van der Waals surface area contributed by atoms with Crippen molar-refractivity contribution in [3.63, 3.8) is 0 Å². The Morgan fingerprint density at radius 3 is 2.23 bits per heavy atom. The number of nitrogens with zero attached hydrogens (tertiary/aromatic N) is 1. The molecule has 6 aliphatic rings. The third kappa shape index (κ3) is 4.33. The highest BCUT2D eigenvalue weighted by atomic mass is 19.1. The number of hydrogen-bond acceptors (Lipinski definition) is 1. The molecule has 2 unspecified atom stereocenters. The molecule has 0 saturated carbocycles. The Balaban J connectivity index is 1.09. The van der Waals surface area contributed by atoms with Crippen molar-refractivity contribution in [1.29, 1.82) is 0 Å². The normalized spacial score (nSPS) is 18.8. The fourth-order valence-corrected chi connectivity index (χ4v) is 10.8. The second kappa shape index (κ2) is 11.5. The number of hydrogen-bond donors (Lipinski definition) is 0. The Morgan fingerprint density at radius 2 is 1.32 bits per heavy atom. The molecule has 266 valence electrons. The van der Waals surface area contributed by atoms with E-state index >= 15 is 0 Å². The first-order valence-electron chi connectivity index (χ1n) is 20.0. The smallest absolute Gasteiger partial charge is 0.123 e. The molecule has 0 amide bonds. The van der Waals surface area contributed by atoms with E-state index < -0.39 is 0 Å². The molecule has 0 saturated heterocycles. The molecule has 1 nitrogen and oxygen atoms in total. The molecule has 0 aliphatic heterocycles. The summed E-state index contributed by atoms with van der Waals surface area (Å²) in [5.74, 6) is 0.113. The number of fused-ring (bicyclic) bond motifs is 7. The zero-order valence-corrected chi connectivity index (χ0v) is 31.0. The number of anilines is 2. The van der Waals surface area contributed by atoms with Crippen LogP contribution in [0.4, 0.5) is 15.8 Å². The summed E-state index contributed by atoms with van der Waals surface area (Å²) < 4.78 is 14.7. The molecular formula is C55H34FN. The van der Waals surface area contributed by atoms with Gasteiger partial charge in [0.15, 0.2) is 0 Å². The van der Waals surface area contributed by atoms with Crippen LogP contribution in [0.1, 0.15) is 29.0 Å². The number of rotatable bonds is 4. The van der Waals surface area contributed by atoms with Gasteiger partial charge in [-0.1, -0.05) is 134 Å². The maximum atomic E-state index is 14.7. The van der Waals surface area contributed by atoms with Crippen molar-refractivity contribution in [3.8, 4) is 33.4 Å². The van der Waals surface area contributed by atoms with E-state index in [1.807, 2.05) is 12.1 Å². The summed E-state index contributed by atoms with van der Waals surface area (Å²) in [5.41, 5.74) is 21.5. The molecule has 0 radical (unpaired) electrons. The summed E-state index contributed by atoms with van der Waals surface area (Å²) in [4.78, 5) is 2.36. The van der Waals surface area contributed by atoms with Gasteiger partial charge in [-0.2, -0.15) is 0 Å². The minimum absolute atomic E-state index is 0.146. The lowest BCUT2D eigenvalue weighted by Crippen LogP contribution is -2.25. The van der Waals surface area contributed by atoms with Gasteiger partial charge in [0.2, 0.25) is 0 Å². The van der Waals surface area contributed by atoms with Gasteiger partial charge in [-0.3, -0.25) is 0 Å². The van der Waals surface area contributed by atoms with Crippen molar-refractivity contribution in [2.75, 3.05) is 4.90 Å². The third-order valence-corrected chi connectivity index (χ3v) is 13.2. The molecule has 0 heterocycles. The Hall–Kier alpha value is -7.03. The van der Waals surface area contributed by atoms with Crippen LogP contribution in [-0.2, 0) is 0 Å². The van der Waals surface area contributed by atoms with Crippen molar-refractivity contribution < 1.29 is 4.39 Å². The summed E-state index contributed by atoms with van der Waals surface area (Å²) in [5, 5.41) is 4.99. The molecule has 0 fully saturated rings. The molecule has 57 heavy (non-hydrogen) atoms. The quantitative estimate of drug-likeness (QED) is 0.174. The highest BCUT2D eigenvalue weighted by Gasteiger charge is 2.39. The second-order valence-electron chi connectivity index (χ2n) is 16.1. The van der Waals surface area contributed by atoms with Crippen LogP contribution in [0.2, 0.25) is 0 Å².